The number of phenolic OH excluding ortho intramolecular Hbond substituents is 1. The summed E-state index contributed by atoms with van der Waals surface area (Å²) in [6.45, 7) is 3.00. The Morgan fingerprint density at radius 2 is 2.00 bits per heavy atom. The van der Waals surface area contributed by atoms with E-state index in [9.17, 15) is 14.8 Å². The molecule has 168 valence electrons. The number of benzene rings is 2. The van der Waals surface area contributed by atoms with E-state index in [1.807, 2.05) is 6.92 Å². The monoisotopic (exact) mass is 447 g/mol. The average molecular weight is 447 g/mol. The zero-order valence-corrected chi connectivity index (χ0v) is 18.2. The number of aromatic nitrogens is 3. The van der Waals surface area contributed by atoms with Gasteiger partial charge in [0.05, 0.1) is 24.9 Å². The van der Waals surface area contributed by atoms with Gasteiger partial charge in [0.1, 0.15) is 35.5 Å². The number of methoxy groups -OCH3 is 1. The van der Waals surface area contributed by atoms with Crippen LogP contribution in [-0.4, -0.2) is 39.9 Å². The van der Waals surface area contributed by atoms with Gasteiger partial charge in [-0.15, -0.1) is 0 Å². The first-order valence-electron chi connectivity index (χ1n) is 10.3. The first-order valence-corrected chi connectivity index (χ1v) is 10.3. The lowest BCUT2D eigenvalue weighted by Gasteiger charge is -2.11. The third-order valence-corrected chi connectivity index (χ3v) is 5.17. The molecule has 0 aliphatic rings. The van der Waals surface area contributed by atoms with E-state index in [-0.39, 0.29) is 5.75 Å². The van der Waals surface area contributed by atoms with Gasteiger partial charge >= 0.3 is 0 Å². The number of ether oxygens (including phenoxy) is 2. The third-order valence-electron chi connectivity index (χ3n) is 5.17. The zero-order chi connectivity index (χ0) is 23.4. The van der Waals surface area contributed by atoms with E-state index in [4.69, 9.17) is 9.47 Å². The van der Waals surface area contributed by atoms with Crippen LogP contribution in [0.2, 0.25) is 0 Å². The average Bonchev–Trinajstić information content (AvgIpc) is 3.21. The van der Waals surface area contributed by atoms with Crippen LogP contribution in [0, 0.1) is 17.1 Å². The second-order valence-corrected chi connectivity index (χ2v) is 7.14. The standard InChI is InChI=1S/C24H22FN5O3/c1-3-33-22-10-15(4-6-20(22)31)19-12-23(29-14-28-19)27-8-9-30-16(13-26)11-17-21(32-2)7-5-18(25)24(17)30/h4-7,10-12,14,31H,3,8-9H2,1-2H3,(H,27,28,29). The minimum Gasteiger partial charge on any atom is -0.504 e. The van der Waals surface area contributed by atoms with Crippen LogP contribution >= 0.6 is 0 Å². The number of anilines is 1. The molecule has 2 aromatic heterocycles. The van der Waals surface area contributed by atoms with Crippen LogP contribution in [0.15, 0.2) is 48.8 Å². The molecule has 0 saturated heterocycles. The Labute approximate surface area is 189 Å². The lowest BCUT2D eigenvalue weighted by Crippen LogP contribution is -2.13. The van der Waals surface area contributed by atoms with Gasteiger partial charge in [-0.2, -0.15) is 5.26 Å². The molecule has 0 bridgehead atoms. The highest BCUT2D eigenvalue weighted by Crippen LogP contribution is 2.32. The zero-order valence-electron chi connectivity index (χ0n) is 18.2. The predicted molar refractivity (Wildman–Crippen MR) is 122 cm³/mol. The first kappa shape index (κ1) is 21.9. The molecule has 0 unspecified atom stereocenters. The summed E-state index contributed by atoms with van der Waals surface area (Å²) in [6, 6.07) is 13.4. The summed E-state index contributed by atoms with van der Waals surface area (Å²) in [7, 11) is 1.51. The molecular formula is C24H22FN5O3. The van der Waals surface area contributed by atoms with Crippen LogP contribution < -0.4 is 14.8 Å². The number of phenols is 1. The van der Waals surface area contributed by atoms with E-state index in [0.29, 0.717) is 59.3 Å². The maximum absolute atomic E-state index is 14.6. The summed E-state index contributed by atoms with van der Waals surface area (Å²) in [5.41, 5.74) is 2.07. The van der Waals surface area contributed by atoms with Crippen LogP contribution in [0.3, 0.4) is 0 Å². The molecule has 0 atom stereocenters. The van der Waals surface area contributed by atoms with Crippen molar-refractivity contribution in [3.8, 4) is 34.6 Å². The Bertz CT molecular complexity index is 1350. The maximum atomic E-state index is 14.6. The SMILES string of the molecule is CCOc1cc(-c2cc(NCCn3c(C#N)cc4c(OC)ccc(F)c43)ncn2)ccc1O. The number of aromatic hydroxyl groups is 1. The van der Waals surface area contributed by atoms with Crippen molar-refractivity contribution in [2.75, 3.05) is 25.6 Å². The summed E-state index contributed by atoms with van der Waals surface area (Å²) < 4.78 is 26.9. The normalized spacial score (nSPS) is 10.7. The summed E-state index contributed by atoms with van der Waals surface area (Å²) in [4.78, 5) is 8.54. The molecule has 4 aromatic rings. The van der Waals surface area contributed by atoms with Crippen LogP contribution in [0.4, 0.5) is 10.2 Å². The van der Waals surface area contributed by atoms with E-state index in [0.717, 1.165) is 5.56 Å². The number of nitrogens with zero attached hydrogens (tertiary/aromatic N) is 4. The number of nitriles is 1. The number of halogens is 1. The van der Waals surface area contributed by atoms with E-state index >= 15 is 0 Å². The van der Waals surface area contributed by atoms with Crippen molar-refractivity contribution in [1.82, 2.24) is 14.5 Å². The fraction of sp³-hybridized carbons (Fsp3) is 0.208. The molecule has 0 aliphatic carbocycles. The van der Waals surface area contributed by atoms with E-state index in [1.165, 1.54) is 19.5 Å². The Kier molecular flexibility index (Phi) is 6.26. The third kappa shape index (κ3) is 4.36. The lowest BCUT2D eigenvalue weighted by atomic mass is 10.1. The molecule has 2 heterocycles. The number of hydrogen-bond donors (Lipinski definition) is 2. The van der Waals surface area contributed by atoms with Crippen molar-refractivity contribution >= 4 is 16.7 Å². The van der Waals surface area contributed by atoms with Gasteiger partial charge in [0.15, 0.2) is 11.5 Å². The van der Waals surface area contributed by atoms with Crippen molar-refractivity contribution in [3.05, 3.63) is 60.3 Å². The fourth-order valence-electron chi connectivity index (χ4n) is 3.67. The summed E-state index contributed by atoms with van der Waals surface area (Å²) >= 11 is 0. The number of nitrogens with one attached hydrogen (secondary N) is 1. The molecule has 33 heavy (non-hydrogen) atoms. The Hall–Kier alpha value is -4.32. The maximum Gasteiger partial charge on any atom is 0.161 e. The van der Waals surface area contributed by atoms with E-state index < -0.39 is 5.82 Å². The van der Waals surface area contributed by atoms with Crippen molar-refractivity contribution in [1.29, 1.82) is 5.26 Å². The predicted octanol–water partition coefficient (Wildman–Crippen LogP) is 4.33. The molecule has 9 heteroatoms. The lowest BCUT2D eigenvalue weighted by molar-refractivity contribution is 0.318. The van der Waals surface area contributed by atoms with Crippen molar-refractivity contribution in [2.24, 2.45) is 0 Å². The van der Waals surface area contributed by atoms with Gasteiger partial charge in [0, 0.05) is 30.1 Å². The van der Waals surface area contributed by atoms with Gasteiger partial charge in [0.2, 0.25) is 0 Å². The molecule has 0 amide bonds. The summed E-state index contributed by atoms with van der Waals surface area (Å²) in [5, 5.41) is 23.2. The van der Waals surface area contributed by atoms with Crippen LogP contribution in [0.25, 0.3) is 22.2 Å². The van der Waals surface area contributed by atoms with Gasteiger partial charge in [-0.1, -0.05) is 0 Å². The Morgan fingerprint density at radius 1 is 1.15 bits per heavy atom. The van der Waals surface area contributed by atoms with Crippen molar-refractivity contribution in [2.45, 2.75) is 13.5 Å². The van der Waals surface area contributed by atoms with Crippen LogP contribution in [0.5, 0.6) is 17.2 Å². The van der Waals surface area contributed by atoms with Gasteiger partial charge in [-0.3, -0.25) is 0 Å². The topological polar surface area (TPSA) is 105 Å². The van der Waals surface area contributed by atoms with Crippen LogP contribution in [0.1, 0.15) is 12.6 Å². The molecule has 8 nitrogen and oxygen atoms in total. The summed E-state index contributed by atoms with van der Waals surface area (Å²) in [6.07, 6.45) is 1.43. The van der Waals surface area contributed by atoms with Gasteiger partial charge in [0.25, 0.3) is 0 Å². The highest BCUT2D eigenvalue weighted by atomic mass is 19.1. The second-order valence-electron chi connectivity index (χ2n) is 7.14. The van der Waals surface area contributed by atoms with Gasteiger partial charge in [-0.25, -0.2) is 14.4 Å². The van der Waals surface area contributed by atoms with Gasteiger partial charge < -0.3 is 24.5 Å². The highest BCUT2D eigenvalue weighted by Gasteiger charge is 2.16. The summed E-state index contributed by atoms with van der Waals surface area (Å²) in [5.74, 6) is 1.09. The molecular weight excluding hydrogens is 425 g/mol. The first-order chi connectivity index (χ1) is 16.0. The molecule has 2 N–H and O–H groups in total. The minimum atomic E-state index is -0.422. The Morgan fingerprint density at radius 3 is 2.76 bits per heavy atom. The molecule has 0 aliphatic heterocycles. The largest absolute Gasteiger partial charge is 0.504 e. The molecule has 0 saturated carbocycles. The fourth-order valence-corrected chi connectivity index (χ4v) is 3.67. The molecule has 4 rings (SSSR count). The number of hydrogen-bond acceptors (Lipinski definition) is 7. The van der Waals surface area contributed by atoms with E-state index in [1.54, 1.807) is 41.0 Å². The quantitative estimate of drug-likeness (QED) is 0.414. The molecule has 0 spiro atoms. The Balaban J connectivity index is 1.54. The second kappa shape index (κ2) is 9.44. The number of fused-ring (bicyclic) bond motifs is 1. The van der Waals surface area contributed by atoms with Crippen LogP contribution in [-0.2, 0) is 6.54 Å². The minimum absolute atomic E-state index is 0.0594. The van der Waals surface area contributed by atoms with E-state index in [2.05, 4.69) is 21.4 Å². The van der Waals surface area contributed by atoms with Gasteiger partial charge in [-0.05, 0) is 43.3 Å². The van der Waals surface area contributed by atoms with Crippen molar-refractivity contribution in [3.63, 3.8) is 0 Å². The molecule has 2 aromatic carbocycles. The molecule has 0 fully saturated rings. The highest BCUT2D eigenvalue weighted by molar-refractivity contribution is 5.88. The smallest absolute Gasteiger partial charge is 0.161 e. The van der Waals surface area contributed by atoms with Crippen molar-refractivity contribution < 1.29 is 19.0 Å². The molecule has 0 radical (unpaired) electrons. The number of rotatable bonds is 8.